The molecule has 1 atom stereocenters. The molecule has 0 fully saturated rings. The fraction of sp³-hybridized carbons (Fsp3) is 0.292. The van der Waals surface area contributed by atoms with E-state index < -0.39 is 12.0 Å². The predicted molar refractivity (Wildman–Crippen MR) is 125 cm³/mol. The van der Waals surface area contributed by atoms with Crippen LogP contribution >= 0.6 is 11.8 Å². The number of nitrogens with one attached hydrogen (secondary N) is 1. The number of thioether (sulfide) groups is 1. The molecule has 1 aromatic carbocycles. The molecule has 4 rings (SSSR count). The first-order chi connectivity index (χ1) is 16.0. The summed E-state index contributed by atoms with van der Waals surface area (Å²) in [4.78, 5) is 32.2. The number of esters is 1. The van der Waals surface area contributed by atoms with Gasteiger partial charge in [-0.15, -0.1) is 0 Å². The summed E-state index contributed by atoms with van der Waals surface area (Å²) in [6, 6.07) is 10.6. The van der Waals surface area contributed by atoms with Crippen LogP contribution < -0.4 is 10.1 Å². The van der Waals surface area contributed by atoms with E-state index in [0.29, 0.717) is 29.3 Å². The summed E-state index contributed by atoms with van der Waals surface area (Å²) in [5.74, 6) is 0.817. The van der Waals surface area contributed by atoms with E-state index in [2.05, 4.69) is 10.3 Å². The number of aliphatic imine (C=N–C) groups is 1. The number of rotatable bonds is 8. The average molecular weight is 468 g/mol. The molecule has 8 nitrogen and oxygen atoms in total. The van der Waals surface area contributed by atoms with Crippen molar-refractivity contribution in [3.05, 3.63) is 76.4 Å². The summed E-state index contributed by atoms with van der Waals surface area (Å²) in [6.07, 6.45) is 1.70. The van der Waals surface area contributed by atoms with Gasteiger partial charge in [0, 0.05) is 5.70 Å². The maximum atomic E-state index is 12.9. The Morgan fingerprint density at radius 2 is 2.03 bits per heavy atom. The molecule has 2 aromatic rings. The predicted octanol–water partition coefficient (Wildman–Crippen LogP) is 4.13. The summed E-state index contributed by atoms with van der Waals surface area (Å²) < 4.78 is 15.9. The summed E-state index contributed by atoms with van der Waals surface area (Å²) in [6.45, 7) is 4.15. The van der Waals surface area contributed by atoms with Crippen molar-refractivity contribution in [3.63, 3.8) is 0 Å². The number of carbonyl (C=O) groups excluding carboxylic acids is 2. The number of hydrogen-bond donors (Lipinski definition) is 1. The van der Waals surface area contributed by atoms with Crippen molar-refractivity contribution < 1.29 is 23.5 Å². The van der Waals surface area contributed by atoms with Crippen molar-refractivity contribution in [2.24, 2.45) is 4.99 Å². The molecule has 0 spiro atoms. The molecule has 172 valence electrons. The molecule has 3 heterocycles. The zero-order chi connectivity index (χ0) is 23.4. The minimum absolute atomic E-state index is 0.133. The van der Waals surface area contributed by atoms with Crippen molar-refractivity contribution >= 4 is 28.8 Å². The van der Waals surface area contributed by atoms with Gasteiger partial charge in [0.1, 0.15) is 11.5 Å². The average Bonchev–Trinajstić information content (AvgIpc) is 3.47. The Morgan fingerprint density at radius 3 is 2.70 bits per heavy atom. The Labute approximate surface area is 196 Å². The molecule has 0 bridgehead atoms. The first-order valence-corrected chi connectivity index (χ1v) is 11.4. The Balaban J connectivity index is 1.63. The van der Waals surface area contributed by atoms with Crippen LogP contribution in [0.5, 0.6) is 5.75 Å². The van der Waals surface area contributed by atoms with Gasteiger partial charge in [-0.3, -0.25) is 4.79 Å². The Morgan fingerprint density at radius 1 is 1.24 bits per heavy atom. The van der Waals surface area contributed by atoms with E-state index in [9.17, 15) is 9.59 Å². The molecule has 0 radical (unpaired) electrons. The maximum Gasteiger partial charge on any atom is 0.338 e. The zero-order valence-electron chi connectivity index (χ0n) is 18.7. The fourth-order valence-electron chi connectivity index (χ4n) is 3.77. The van der Waals surface area contributed by atoms with Crippen LogP contribution in [-0.4, -0.2) is 35.7 Å². The lowest BCUT2D eigenvalue weighted by atomic mass is 9.93. The van der Waals surface area contributed by atoms with Crippen LogP contribution in [0.25, 0.3) is 0 Å². The van der Waals surface area contributed by atoms with Gasteiger partial charge in [0.15, 0.2) is 5.17 Å². The largest absolute Gasteiger partial charge is 0.497 e. The Bertz CT molecular complexity index is 1120. The molecule has 1 aromatic heterocycles. The van der Waals surface area contributed by atoms with E-state index in [1.165, 1.54) is 11.8 Å². The minimum atomic E-state index is -0.471. The number of allylic oxidation sites excluding steroid dienone is 1. The first kappa shape index (κ1) is 22.7. The number of fused-ring (bicyclic) bond motifs is 1. The number of ether oxygens (including phenoxy) is 2. The zero-order valence-corrected chi connectivity index (χ0v) is 19.5. The SMILES string of the molecule is CCOC(=O)C1=C(C)N=C2SC=C(CC(=O)NCc3ccco3)N2[C@@H]1c1ccc(OC)cc1. The molecule has 33 heavy (non-hydrogen) atoms. The molecule has 2 aliphatic heterocycles. The van der Waals surface area contributed by atoms with E-state index in [4.69, 9.17) is 13.9 Å². The van der Waals surface area contributed by atoms with Gasteiger partial charge in [0.05, 0.1) is 50.3 Å². The number of nitrogens with zero attached hydrogens (tertiary/aromatic N) is 2. The molecule has 1 amide bonds. The van der Waals surface area contributed by atoms with E-state index in [1.54, 1.807) is 32.4 Å². The van der Waals surface area contributed by atoms with Crippen LogP contribution in [0.2, 0.25) is 0 Å². The Kier molecular flexibility index (Phi) is 6.88. The molecule has 1 N–H and O–H groups in total. The smallest absolute Gasteiger partial charge is 0.338 e. The lowest BCUT2D eigenvalue weighted by Gasteiger charge is -2.36. The van der Waals surface area contributed by atoms with Gasteiger partial charge in [-0.05, 0) is 49.1 Å². The molecule has 2 aliphatic rings. The molecule has 9 heteroatoms. The number of furan rings is 1. The van der Waals surface area contributed by atoms with E-state index in [0.717, 1.165) is 16.4 Å². The standard InChI is InChI=1S/C24H25N3O5S/c1-4-31-23(29)21-15(2)26-24-27(22(21)16-7-9-18(30-3)10-8-16)17(14-33-24)12-20(28)25-13-19-6-5-11-32-19/h5-11,14,22H,4,12-13H2,1-3H3,(H,25,28)/t22-/m1/s1. The van der Waals surface area contributed by atoms with E-state index in [-0.39, 0.29) is 18.9 Å². The summed E-state index contributed by atoms with van der Waals surface area (Å²) in [7, 11) is 1.60. The normalized spacial score (nSPS) is 17.3. The second kappa shape index (κ2) is 9.99. The minimum Gasteiger partial charge on any atom is -0.497 e. The van der Waals surface area contributed by atoms with Gasteiger partial charge < -0.3 is 24.1 Å². The number of hydrogen-bond acceptors (Lipinski definition) is 8. The molecule has 0 saturated carbocycles. The molecule has 0 aliphatic carbocycles. The van der Waals surface area contributed by atoms with Gasteiger partial charge in [0.2, 0.25) is 5.91 Å². The van der Waals surface area contributed by atoms with Crippen molar-refractivity contribution in [2.45, 2.75) is 32.9 Å². The van der Waals surface area contributed by atoms with Crippen molar-refractivity contribution in [1.82, 2.24) is 10.2 Å². The second-order valence-electron chi connectivity index (χ2n) is 7.42. The molecule has 0 saturated heterocycles. The van der Waals surface area contributed by atoms with Crippen molar-refractivity contribution in [1.29, 1.82) is 0 Å². The van der Waals surface area contributed by atoms with Crippen LogP contribution in [0, 0.1) is 0 Å². The highest BCUT2D eigenvalue weighted by Gasteiger charge is 2.41. The monoisotopic (exact) mass is 467 g/mol. The lowest BCUT2D eigenvalue weighted by molar-refractivity contribution is -0.139. The van der Waals surface area contributed by atoms with Gasteiger partial charge in [0.25, 0.3) is 0 Å². The van der Waals surface area contributed by atoms with Gasteiger partial charge in [-0.1, -0.05) is 23.9 Å². The fourth-order valence-corrected chi connectivity index (χ4v) is 4.73. The molecular weight excluding hydrogens is 442 g/mol. The lowest BCUT2D eigenvalue weighted by Crippen LogP contribution is -2.38. The quantitative estimate of drug-likeness (QED) is 0.584. The summed E-state index contributed by atoms with van der Waals surface area (Å²) in [5, 5.41) is 5.49. The van der Waals surface area contributed by atoms with Gasteiger partial charge in [-0.25, -0.2) is 9.79 Å². The van der Waals surface area contributed by atoms with Crippen LogP contribution in [-0.2, 0) is 20.9 Å². The highest BCUT2D eigenvalue weighted by Crippen LogP contribution is 2.45. The first-order valence-electron chi connectivity index (χ1n) is 10.6. The third-order valence-electron chi connectivity index (χ3n) is 5.31. The van der Waals surface area contributed by atoms with Crippen LogP contribution in [0.3, 0.4) is 0 Å². The maximum absolute atomic E-state index is 12.9. The Hall–Kier alpha value is -3.46. The number of benzene rings is 1. The highest BCUT2D eigenvalue weighted by molar-refractivity contribution is 8.16. The third-order valence-corrected chi connectivity index (χ3v) is 6.20. The van der Waals surface area contributed by atoms with Crippen LogP contribution in [0.15, 0.2) is 74.4 Å². The van der Waals surface area contributed by atoms with Crippen molar-refractivity contribution in [3.8, 4) is 5.75 Å². The molecule has 0 unspecified atom stereocenters. The number of amidine groups is 1. The number of carbonyl (C=O) groups is 2. The molecular formula is C24H25N3O5S. The van der Waals surface area contributed by atoms with Gasteiger partial charge in [-0.2, -0.15) is 0 Å². The van der Waals surface area contributed by atoms with Crippen LogP contribution in [0.4, 0.5) is 0 Å². The van der Waals surface area contributed by atoms with E-state index >= 15 is 0 Å². The van der Waals surface area contributed by atoms with E-state index in [1.807, 2.05) is 41.5 Å². The van der Waals surface area contributed by atoms with Crippen LogP contribution in [0.1, 0.15) is 37.6 Å². The van der Waals surface area contributed by atoms with Gasteiger partial charge >= 0.3 is 5.97 Å². The van der Waals surface area contributed by atoms with Crippen molar-refractivity contribution in [2.75, 3.05) is 13.7 Å². The number of methoxy groups -OCH3 is 1. The third kappa shape index (κ3) is 4.83. The summed E-state index contributed by atoms with van der Waals surface area (Å²) >= 11 is 1.43. The highest BCUT2D eigenvalue weighted by atomic mass is 32.2. The number of amides is 1. The summed E-state index contributed by atoms with van der Waals surface area (Å²) in [5.41, 5.74) is 2.68. The topological polar surface area (TPSA) is 93.4 Å². The second-order valence-corrected chi connectivity index (χ2v) is 8.26.